The number of rotatable bonds is 5. The Bertz CT molecular complexity index is 821. The molecular formula is C19H17NO6. The highest BCUT2D eigenvalue weighted by atomic mass is 16.5. The maximum absolute atomic E-state index is 11.4. The topological polar surface area (TPSA) is 91.8 Å². The van der Waals surface area contributed by atoms with Crippen molar-refractivity contribution in [1.82, 2.24) is 4.98 Å². The van der Waals surface area contributed by atoms with Crippen molar-refractivity contribution in [2.24, 2.45) is 0 Å². The second-order valence-corrected chi connectivity index (χ2v) is 5.22. The number of hydrogen-bond donors (Lipinski definition) is 0. The Hall–Kier alpha value is -3.48. The second kappa shape index (κ2) is 8.57. The molecular weight excluding hydrogens is 338 g/mol. The van der Waals surface area contributed by atoms with Crippen molar-refractivity contribution in [1.29, 1.82) is 0 Å². The molecule has 1 heterocycles. The average molecular weight is 355 g/mol. The molecule has 0 bridgehead atoms. The van der Waals surface area contributed by atoms with Gasteiger partial charge in [-0.25, -0.2) is 4.79 Å². The van der Waals surface area contributed by atoms with Crippen molar-refractivity contribution in [2.45, 2.75) is 13.8 Å². The summed E-state index contributed by atoms with van der Waals surface area (Å²) in [6.07, 6.45) is 4.82. The number of aromatic nitrogens is 1. The molecule has 0 saturated carbocycles. The SMILES string of the molecule is COC(=O)c1ccc(/C=C/c2cc(OC(C)=O)cc(OC(C)=O)c2)nc1. The Kier molecular flexibility index (Phi) is 6.21. The van der Waals surface area contributed by atoms with E-state index in [1.165, 1.54) is 33.2 Å². The van der Waals surface area contributed by atoms with Crippen LogP contribution in [0, 0.1) is 0 Å². The monoisotopic (exact) mass is 355 g/mol. The number of benzene rings is 1. The molecule has 0 aliphatic carbocycles. The van der Waals surface area contributed by atoms with E-state index in [9.17, 15) is 14.4 Å². The van der Waals surface area contributed by atoms with Crippen LogP contribution in [0.15, 0.2) is 36.5 Å². The van der Waals surface area contributed by atoms with Crippen LogP contribution in [0.5, 0.6) is 11.5 Å². The summed E-state index contributed by atoms with van der Waals surface area (Å²) in [5.41, 5.74) is 1.59. The van der Waals surface area contributed by atoms with E-state index in [1.54, 1.807) is 36.4 Å². The van der Waals surface area contributed by atoms with E-state index in [4.69, 9.17) is 9.47 Å². The summed E-state index contributed by atoms with van der Waals surface area (Å²) in [4.78, 5) is 37.8. The zero-order valence-electron chi connectivity index (χ0n) is 14.5. The highest BCUT2D eigenvalue weighted by molar-refractivity contribution is 5.89. The predicted octanol–water partition coefficient (Wildman–Crippen LogP) is 2.89. The maximum Gasteiger partial charge on any atom is 0.339 e. The molecule has 0 N–H and O–H groups in total. The van der Waals surface area contributed by atoms with Gasteiger partial charge in [-0.15, -0.1) is 0 Å². The van der Waals surface area contributed by atoms with Gasteiger partial charge in [0, 0.05) is 26.1 Å². The molecule has 0 spiro atoms. The Morgan fingerprint density at radius 3 is 2.00 bits per heavy atom. The van der Waals surface area contributed by atoms with Crippen LogP contribution in [0.3, 0.4) is 0 Å². The van der Waals surface area contributed by atoms with Crippen molar-refractivity contribution in [3.63, 3.8) is 0 Å². The lowest BCUT2D eigenvalue weighted by Crippen LogP contribution is -2.04. The third-order valence-corrected chi connectivity index (χ3v) is 3.08. The fourth-order valence-electron chi connectivity index (χ4n) is 2.06. The molecule has 26 heavy (non-hydrogen) atoms. The molecule has 0 atom stereocenters. The molecule has 0 fully saturated rings. The molecule has 1 aromatic carbocycles. The highest BCUT2D eigenvalue weighted by Gasteiger charge is 2.07. The van der Waals surface area contributed by atoms with Gasteiger partial charge in [-0.2, -0.15) is 0 Å². The Morgan fingerprint density at radius 2 is 1.54 bits per heavy atom. The van der Waals surface area contributed by atoms with Crippen LogP contribution < -0.4 is 9.47 Å². The summed E-state index contributed by atoms with van der Waals surface area (Å²) in [6, 6.07) is 7.94. The predicted molar refractivity (Wildman–Crippen MR) is 93.6 cm³/mol. The van der Waals surface area contributed by atoms with Gasteiger partial charge in [0.15, 0.2) is 0 Å². The van der Waals surface area contributed by atoms with Crippen LogP contribution in [0.25, 0.3) is 12.2 Å². The van der Waals surface area contributed by atoms with Crippen molar-refractivity contribution >= 4 is 30.1 Å². The summed E-state index contributed by atoms with van der Waals surface area (Å²) < 4.78 is 14.7. The summed E-state index contributed by atoms with van der Waals surface area (Å²) >= 11 is 0. The molecule has 0 radical (unpaired) electrons. The van der Waals surface area contributed by atoms with Crippen molar-refractivity contribution in [3.8, 4) is 11.5 Å². The lowest BCUT2D eigenvalue weighted by atomic mass is 10.1. The first kappa shape index (κ1) is 18.9. The molecule has 0 aliphatic heterocycles. The Balaban J connectivity index is 2.25. The first-order valence-corrected chi connectivity index (χ1v) is 7.62. The quantitative estimate of drug-likeness (QED) is 0.601. The summed E-state index contributed by atoms with van der Waals surface area (Å²) in [6.45, 7) is 2.56. The minimum absolute atomic E-state index is 0.255. The van der Waals surface area contributed by atoms with Gasteiger partial charge in [0.1, 0.15) is 11.5 Å². The molecule has 0 aliphatic rings. The molecule has 2 rings (SSSR count). The van der Waals surface area contributed by atoms with Gasteiger partial charge >= 0.3 is 17.9 Å². The number of pyridine rings is 1. The van der Waals surface area contributed by atoms with Crippen molar-refractivity contribution in [2.75, 3.05) is 7.11 Å². The third kappa shape index (κ3) is 5.55. The molecule has 0 amide bonds. The van der Waals surface area contributed by atoms with E-state index in [0.717, 1.165) is 0 Å². The van der Waals surface area contributed by atoms with Crippen molar-refractivity contribution in [3.05, 3.63) is 53.3 Å². The van der Waals surface area contributed by atoms with Crippen LogP contribution in [0.2, 0.25) is 0 Å². The number of carbonyl (C=O) groups is 3. The van der Waals surface area contributed by atoms with Gasteiger partial charge in [0.2, 0.25) is 0 Å². The fourth-order valence-corrected chi connectivity index (χ4v) is 2.06. The van der Waals surface area contributed by atoms with E-state index >= 15 is 0 Å². The molecule has 7 nitrogen and oxygen atoms in total. The largest absolute Gasteiger partial charge is 0.465 e. The van der Waals surface area contributed by atoms with E-state index in [0.29, 0.717) is 16.8 Å². The number of nitrogens with zero attached hydrogens (tertiary/aromatic N) is 1. The smallest absolute Gasteiger partial charge is 0.339 e. The van der Waals surface area contributed by atoms with E-state index in [1.807, 2.05) is 0 Å². The molecule has 0 saturated heterocycles. The van der Waals surface area contributed by atoms with Crippen LogP contribution in [-0.2, 0) is 14.3 Å². The first-order chi connectivity index (χ1) is 12.4. The zero-order chi connectivity index (χ0) is 19.1. The normalized spacial score (nSPS) is 10.4. The third-order valence-electron chi connectivity index (χ3n) is 3.08. The minimum atomic E-state index is -0.486. The Labute approximate surface area is 150 Å². The van der Waals surface area contributed by atoms with Gasteiger partial charge in [-0.3, -0.25) is 14.6 Å². The second-order valence-electron chi connectivity index (χ2n) is 5.22. The molecule has 0 unspecified atom stereocenters. The number of esters is 3. The molecule has 1 aromatic heterocycles. The van der Waals surface area contributed by atoms with Crippen LogP contribution in [0.1, 0.15) is 35.5 Å². The Morgan fingerprint density at radius 1 is 0.923 bits per heavy atom. The van der Waals surface area contributed by atoms with Crippen LogP contribution >= 0.6 is 0 Å². The van der Waals surface area contributed by atoms with E-state index in [2.05, 4.69) is 9.72 Å². The molecule has 7 heteroatoms. The van der Waals surface area contributed by atoms with Gasteiger partial charge in [-0.05, 0) is 35.9 Å². The average Bonchev–Trinajstić information content (AvgIpc) is 2.58. The molecule has 2 aromatic rings. The fraction of sp³-hybridized carbons (Fsp3) is 0.158. The van der Waals surface area contributed by atoms with E-state index < -0.39 is 17.9 Å². The van der Waals surface area contributed by atoms with Gasteiger partial charge in [-0.1, -0.05) is 6.08 Å². The van der Waals surface area contributed by atoms with Gasteiger partial charge in [0.25, 0.3) is 0 Å². The van der Waals surface area contributed by atoms with Crippen LogP contribution in [0.4, 0.5) is 0 Å². The van der Waals surface area contributed by atoms with E-state index in [-0.39, 0.29) is 11.5 Å². The minimum Gasteiger partial charge on any atom is -0.465 e. The highest BCUT2D eigenvalue weighted by Crippen LogP contribution is 2.24. The summed E-state index contributed by atoms with van der Waals surface area (Å²) in [5, 5.41) is 0. The zero-order valence-corrected chi connectivity index (χ0v) is 14.5. The number of hydrogen-bond acceptors (Lipinski definition) is 7. The lowest BCUT2D eigenvalue weighted by Gasteiger charge is -2.07. The summed E-state index contributed by atoms with van der Waals surface area (Å²) in [7, 11) is 1.30. The number of methoxy groups -OCH3 is 1. The van der Waals surface area contributed by atoms with Crippen LogP contribution in [-0.4, -0.2) is 30.0 Å². The summed E-state index contributed by atoms with van der Waals surface area (Å²) in [5.74, 6) is -0.928. The molecule has 134 valence electrons. The van der Waals surface area contributed by atoms with Crippen molar-refractivity contribution < 1.29 is 28.6 Å². The van der Waals surface area contributed by atoms with Gasteiger partial charge in [0.05, 0.1) is 18.4 Å². The lowest BCUT2D eigenvalue weighted by molar-refractivity contribution is -0.132. The number of carbonyl (C=O) groups excluding carboxylic acids is 3. The van der Waals surface area contributed by atoms with Gasteiger partial charge < -0.3 is 14.2 Å². The first-order valence-electron chi connectivity index (χ1n) is 7.62. The number of ether oxygens (including phenoxy) is 3. The standard InChI is InChI=1S/C19H17NO6/c1-12(21)25-17-8-14(9-18(10-17)26-13(2)22)4-6-16-7-5-15(11-20-16)19(23)24-3/h4-11H,1-3H3/b6-4+. The maximum atomic E-state index is 11.4.